The van der Waals surface area contributed by atoms with Crippen LogP contribution in [0.4, 0.5) is 11.5 Å². The molecule has 0 radical (unpaired) electrons. The van der Waals surface area contributed by atoms with Crippen molar-refractivity contribution < 1.29 is 9.53 Å². The summed E-state index contributed by atoms with van der Waals surface area (Å²) in [7, 11) is 1.34. The number of hydrogen-bond donors (Lipinski definition) is 2. The summed E-state index contributed by atoms with van der Waals surface area (Å²) in [5, 5.41) is 3.31. The molecule has 3 N–H and O–H groups in total. The zero-order chi connectivity index (χ0) is 12.3. The largest absolute Gasteiger partial charge is 0.465 e. The van der Waals surface area contributed by atoms with E-state index in [-0.39, 0.29) is 0 Å². The Morgan fingerprint density at radius 2 is 2.24 bits per heavy atom. The van der Waals surface area contributed by atoms with Gasteiger partial charge in [0.25, 0.3) is 0 Å². The van der Waals surface area contributed by atoms with E-state index >= 15 is 0 Å². The zero-order valence-electron chi connectivity index (χ0n) is 9.90. The van der Waals surface area contributed by atoms with Gasteiger partial charge in [0, 0.05) is 6.04 Å². The van der Waals surface area contributed by atoms with Crippen molar-refractivity contribution in [1.29, 1.82) is 0 Å². The summed E-state index contributed by atoms with van der Waals surface area (Å²) in [6, 6.07) is 2.11. The molecule has 0 spiro atoms. The van der Waals surface area contributed by atoms with Crippen LogP contribution in [0.3, 0.4) is 0 Å². The molecule has 2 rings (SSSR count). The van der Waals surface area contributed by atoms with Crippen LogP contribution in [0.25, 0.3) is 0 Å². The molecule has 0 amide bonds. The van der Waals surface area contributed by atoms with Gasteiger partial charge in [-0.3, -0.25) is 0 Å². The average molecular weight is 235 g/mol. The van der Waals surface area contributed by atoms with Crippen LogP contribution in [0.2, 0.25) is 0 Å². The van der Waals surface area contributed by atoms with Crippen molar-refractivity contribution in [1.82, 2.24) is 4.98 Å². The lowest BCUT2D eigenvalue weighted by Gasteiger charge is -2.13. The van der Waals surface area contributed by atoms with Gasteiger partial charge in [0.05, 0.1) is 24.6 Å². The Morgan fingerprint density at radius 3 is 2.88 bits per heavy atom. The predicted octanol–water partition coefficient (Wildman–Crippen LogP) is 1.80. The van der Waals surface area contributed by atoms with Gasteiger partial charge in [-0.2, -0.15) is 0 Å². The smallest absolute Gasteiger partial charge is 0.340 e. The number of nitrogens with one attached hydrogen (secondary N) is 1. The van der Waals surface area contributed by atoms with Gasteiger partial charge >= 0.3 is 5.97 Å². The van der Waals surface area contributed by atoms with E-state index in [0.29, 0.717) is 23.1 Å². The molecule has 5 heteroatoms. The summed E-state index contributed by atoms with van der Waals surface area (Å²) in [5.41, 5.74) is 6.39. The fourth-order valence-electron chi connectivity index (χ4n) is 2.11. The first-order chi connectivity index (χ1) is 8.20. The second-order valence-corrected chi connectivity index (χ2v) is 4.27. The standard InChI is InChI=1S/C12H17N3O2/c1-17-12(16)9-6-11(14-7-10(9)13)15-8-4-2-3-5-8/h6-8H,2-5,13H2,1H3,(H,14,15). The highest BCUT2D eigenvalue weighted by molar-refractivity contribution is 5.95. The molecule has 0 aliphatic heterocycles. The Hall–Kier alpha value is -1.78. The summed E-state index contributed by atoms with van der Waals surface area (Å²) in [6.45, 7) is 0. The molecule has 1 aliphatic rings. The number of anilines is 2. The lowest BCUT2D eigenvalue weighted by atomic mass is 10.2. The van der Waals surface area contributed by atoms with E-state index in [1.807, 2.05) is 0 Å². The van der Waals surface area contributed by atoms with Gasteiger partial charge in [0.1, 0.15) is 5.82 Å². The number of carbonyl (C=O) groups excluding carboxylic acids is 1. The lowest BCUT2D eigenvalue weighted by Crippen LogP contribution is -2.16. The number of pyridine rings is 1. The maximum Gasteiger partial charge on any atom is 0.340 e. The number of methoxy groups -OCH3 is 1. The number of nitrogens with two attached hydrogens (primary N) is 1. The second-order valence-electron chi connectivity index (χ2n) is 4.27. The van der Waals surface area contributed by atoms with E-state index in [0.717, 1.165) is 12.8 Å². The molecule has 1 aliphatic carbocycles. The number of aromatic nitrogens is 1. The Labute approximate surface area is 100 Å². The monoisotopic (exact) mass is 235 g/mol. The van der Waals surface area contributed by atoms with Gasteiger partial charge in [0.15, 0.2) is 0 Å². The number of nitrogen functional groups attached to an aromatic ring is 1. The number of hydrogen-bond acceptors (Lipinski definition) is 5. The molecule has 1 saturated carbocycles. The highest BCUT2D eigenvalue weighted by atomic mass is 16.5. The maximum absolute atomic E-state index is 11.5. The van der Waals surface area contributed by atoms with Gasteiger partial charge in [-0.1, -0.05) is 12.8 Å². The molecule has 92 valence electrons. The van der Waals surface area contributed by atoms with Crippen LogP contribution >= 0.6 is 0 Å². The highest BCUT2D eigenvalue weighted by Crippen LogP contribution is 2.23. The molecular weight excluding hydrogens is 218 g/mol. The van der Waals surface area contributed by atoms with E-state index < -0.39 is 5.97 Å². The van der Waals surface area contributed by atoms with Gasteiger partial charge in [-0.15, -0.1) is 0 Å². The normalized spacial score (nSPS) is 15.8. The Balaban J connectivity index is 2.15. The van der Waals surface area contributed by atoms with E-state index in [4.69, 9.17) is 5.73 Å². The topological polar surface area (TPSA) is 77.2 Å². The fourth-order valence-corrected chi connectivity index (χ4v) is 2.11. The van der Waals surface area contributed by atoms with Gasteiger partial charge in [0.2, 0.25) is 0 Å². The SMILES string of the molecule is COC(=O)c1cc(NC2CCCC2)ncc1N. The fraction of sp³-hybridized carbons (Fsp3) is 0.500. The lowest BCUT2D eigenvalue weighted by molar-refractivity contribution is 0.0602. The van der Waals surface area contributed by atoms with Crippen LogP contribution in [-0.4, -0.2) is 24.1 Å². The number of nitrogens with zero attached hydrogens (tertiary/aromatic N) is 1. The summed E-state index contributed by atoms with van der Waals surface area (Å²) in [4.78, 5) is 15.6. The molecule has 0 unspecified atom stereocenters. The van der Waals surface area contributed by atoms with Crippen molar-refractivity contribution in [2.24, 2.45) is 0 Å². The minimum Gasteiger partial charge on any atom is -0.465 e. The summed E-state index contributed by atoms with van der Waals surface area (Å²) in [5.74, 6) is 0.255. The van der Waals surface area contributed by atoms with Crippen molar-refractivity contribution in [2.45, 2.75) is 31.7 Å². The predicted molar refractivity (Wildman–Crippen MR) is 65.9 cm³/mol. The van der Waals surface area contributed by atoms with E-state index in [2.05, 4.69) is 15.0 Å². The number of ether oxygens (including phenoxy) is 1. The van der Waals surface area contributed by atoms with Crippen molar-refractivity contribution in [3.05, 3.63) is 17.8 Å². The third-order valence-corrected chi connectivity index (χ3v) is 3.05. The van der Waals surface area contributed by atoms with Crippen LogP contribution in [0.1, 0.15) is 36.0 Å². The molecular formula is C12H17N3O2. The Morgan fingerprint density at radius 1 is 1.53 bits per heavy atom. The molecule has 1 heterocycles. The van der Waals surface area contributed by atoms with Crippen molar-refractivity contribution in [3.63, 3.8) is 0 Å². The summed E-state index contributed by atoms with van der Waals surface area (Å²) >= 11 is 0. The molecule has 1 aromatic rings. The Kier molecular flexibility index (Phi) is 3.46. The van der Waals surface area contributed by atoms with Gasteiger partial charge in [-0.25, -0.2) is 9.78 Å². The van der Waals surface area contributed by atoms with Crippen molar-refractivity contribution in [3.8, 4) is 0 Å². The maximum atomic E-state index is 11.5. The van der Waals surface area contributed by atoms with E-state index in [1.165, 1.54) is 26.1 Å². The average Bonchev–Trinajstić information content (AvgIpc) is 2.83. The van der Waals surface area contributed by atoms with Crippen LogP contribution < -0.4 is 11.1 Å². The summed E-state index contributed by atoms with van der Waals surface area (Å²) < 4.78 is 4.67. The second kappa shape index (κ2) is 5.03. The molecule has 0 atom stereocenters. The van der Waals surface area contributed by atoms with Gasteiger partial charge < -0.3 is 15.8 Å². The van der Waals surface area contributed by atoms with Crippen LogP contribution in [0.15, 0.2) is 12.3 Å². The van der Waals surface area contributed by atoms with Crippen LogP contribution in [-0.2, 0) is 4.74 Å². The number of esters is 1. The van der Waals surface area contributed by atoms with Crippen molar-refractivity contribution >= 4 is 17.5 Å². The number of carbonyl (C=O) groups is 1. The first-order valence-corrected chi connectivity index (χ1v) is 5.81. The molecule has 0 aromatic carbocycles. The molecule has 0 bridgehead atoms. The third-order valence-electron chi connectivity index (χ3n) is 3.05. The van der Waals surface area contributed by atoms with Gasteiger partial charge in [-0.05, 0) is 18.9 Å². The molecule has 17 heavy (non-hydrogen) atoms. The molecule has 5 nitrogen and oxygen atoms in total. The number of rotatable bonds is 3. The first-order valence-electron chi connectivity index (χ1n) is 5.81. The molecule has 1 fully saturated rings. The molecule has 1 aromatic heterocycles. The Bertz CT molecular complexity index is 414. The first kappa shape index (κ1) is 11.7. The quantitative estimate of drug-likeness (QED) is 0.781. The minimum atomic E-state index is -0.431. The zero-order valence-corrected chi connectivity index (χ0v) is 9.90. The third kappa shape index (κ3) is 2.67. The van der Waals surface area contributed by atoms with Crippen LogP contribution in [0.5, 0.6) is 0 Å². The summed E-state index contributed by atoms with van der Waals surface area (Å²) in [6.07, 6.45) is 6.29. The molecule has 0 saturated heterocycles. The van der Waals surface area contributed by atoms with Crippen LogP contribution in [0, 0.1) is 0 Å². The van der Waals surface area contributed by atoms with E-state index in [1.54, 1.807) is 6.07 Å². The highest BCUT2D eigenvalue weighted by Gasteiger charge is 2.17. The van der Waals surface area contributed by atoms with Crippen molar-refractivity contribution in [2.75, 3.05) is 18.2 Å². The minimum absolute atomic E-state index is 0.342. The van der Waals surface area contributed by atoms with E-state index in [9.17, 15) is 4.79 Å².